The van der Waals surface area contributed by atoms with Crippen molar-refractivity contribution < 1.29 is 9.32 Å². The van der Waals surface area contributed by atoms with Gasteiger partial charge in [0.25, 0.3) is 0 Å². The fourth-order valence-corrected chi connectivity index (χ4v) is 2.01. The minimum absolute atomic E-state index is 0.160. The van der Waals surface area contributed by atoms with Crippen LogP contribution >= 0.6 is 0 Å². The van der Waals surface area contributed by atoms with Crippen molar-refractivity contribution in [3.05, 3.63) is 53.9 Å². The van der Waals surface area contributed by atoms with Crippen LogP contribution in [0.15, 0.2) is 47.1 Å². The maximum Gasteiger partial charge on any atom is 0.231 e. The van der Waals surface area contributed by atoms with Gasteiger partial charge in [0.15, 0.2) is 5.58 Å². The molecule has 0 fully saturated rings. The molecule has 1 amide bonds. The van der Waals surface area contributed by atoms with Gasteiger partial charge in [0.05, 0.1) is 6.42 Å². The lowest BCUT2D eigenvalue weighted by atomic mass is 10.1. The monoisotopic (exact) mass is 267 g/mol. The maximum atomic E-state index is 12.0. The lowest BCUT2D eigenvalue weighted by Crippen LogP contribution is -2.15. The van der Waals surface area contributed by atoms with E-state index in [1.54, 1.807) is 18.3 Å². The molecule has 5 heteroatoms. The van der Waals surface area contributed by atoms with Crippen molar-refractivity contribution in [2.24, 2.45) is 0 Å². The highest BCUT2D eigenvalue weighted by Crippen LogP contribution is 2.20. The Bertz CT molecular complexity index is 750. The highest BCUT2D eigenvalue weighted by atomic mass is 16.5. The molecule has 0 saturated heterocycles. The molecule has 0 unspecified atom stereocenters. The number of aryl methyl sites for hydroxylation is 1. The molecule has 3 rings (SSSR count). The van der Waals surface area contributed by atoms with Crippen molar-refractivity contribution in [2.45, 2.75) is 13.3 Å². The van der Waals surface area contributed by atoms with Gasteiger partial charge in [-0.15, -0.1) is 0 Å². The zero-order chi connectivity index (χ0) is 13.9. The van der Waals surface area contributed by atoms with E-state index in [1.165, 1.54) is 0 Å². The van der Waals surface area contributed by atoms with Gasteiger partial charge in [-0.3, -0.25) is 4.79 Å². The Balaban J connectivity index is 1.79. The number of benzene rings is 1. The summed E-state index contributed by atoms with van der Waals surface area (Å²) in [6.45, 7) is 1.99. The van der Waals surface area contributed by atoms with Gasteiger partial charge >= 0.3 is 0 Å². The summed E-state index contributed by atoms with van der Waals surface area (Å²) in [6.07, 6.45) is 1.79. The van der Waals surface area contributed by atoms with Gasteiger partial charge in [0, 0.05) is 11.6 Å². The summed E-state index contributed by atoms with van der Waals surface area (Å²) < 4.78 is 5.21. The summed E-state index contributed by atoms with van der Waals surface area (Å²) >= 11 is 0. The number of rotatable bonds is 3. The Kier molecular flexibility index (Phi) is 3.16. The van der Waals surface area contributed by atoms with Crippen LogP contribution in [0.25, 0.3) is 11.0 Å². The van der Waals surface area contributed by atoms with Crippen LogP contribution in [0.3, 0.4) is 0 Å². The first-order valence-corrected chi connectivity index (χ1v) is 6.28. The molecule has 5 nitrogen and oxygen atoms in total. The Labute approximate surface area is 115 Å². The minimum atomic E-state index is -0.166. The predicted octanol–water partition coefficient (Wildman–Crippen LogP) is 2.71. The molecule has 20 heavy (non-hydrogen) atoms. The van der Waals surface area contributed by atoms with Gasteiger partial charge in [0.2, 0.25) is 5.91 Å². The number of fused-ring (bicyclic) bond motifs is 1. The first-order valence-electron chi connectivity index (χ1n) is 6.28. The standard InChI is InChI=1S/C15H13N3O2/c1-10-5-6-13-11(8-10)12(18-20-13)9-15(19)17-14-4-2-3-7-16-14/h2-8H,9H2,1H3,(H,16,17,19). The Hall–Kier alpha value is -2.69. The zero-order valence-corrected chi connectivity index (χ0v) is 11.0. The molecule has 2 heterocycles. The zero-order valence-electron chi connectivity index (χ0n) is 11.0. The normalized spacial score (nSPS) is 10.7. The van der Waals surface area contributed by atoms with E-state index in [4.69, 9.17) is 4.52 Å². The molecule has 100 valence electrons. The quantitative estimate of drug-likeness (QED) is 0.792. The molecule has 0 saturated carbocycles. The molecular weight excluding hydrogens is 254 g/mol. The summed E-state index contributed by atoms with van der Waals surface area (Å²) in [5, 5.41) is 7.57. The predicted molar refractivity (Wildman–Crippen MR) is 75.3 cm³/mol. The molecule has 1 aromatic carbocycles. The van der Waals surface area contributed by atoms with Gasteiger partial charge in [-0.05, 0) is 31.2 Å². The highest BCUT2D eigenvalue weighted by Gasteiger charge is 2.12. The minimum Gasteiger partial charge on any atom is -0.356 e. The molecule has 0 bridgehead atoms. The van der Waals surface area contributed by atoms with Gasteiger partial charge in [-0.25, -0.2) is 4.98 Å². The molecule has 0 aliphatic heterocycles. The average molecular weight is 267 g/mol. The van der Waals surface area contributed by atoms with Crippen molar-refractivity contribution in [1.29, 1.82) is 0 Å². The fourth-order valence-electron chi connectivity index (χ4n) is 2.01. The fraction of sp³-hybridized carbons (Fsp3) is 0.133. The Morgan fingerprint density at radius 2 is 2.20 bits per heavy atom. The van der Waals surface area contributed by atoms with Crippen LogP contribution in [0.4, 0.5) is 5.82 Å². The number of nitrogens with zero attached hydrogens (tertiary/aromatic N) is 2. The van der Waals surface area contributed by atoms with Crippen LogP contribution < -0.4 is 5.32 Å². The van der Waals surface area contributed by atoms with E-state index in [0.29, 0.717) is 17.1 Å². The highest BCUT2D eigenvalue weighted by molar-refractivity contribution is 5.94. The number of nitrogens with one attached hydrogen (secondary N) is 1. The second-order valence-corrected chi connectivity index (χ2v) is 4.57. The van der Waals surface area contributed by atoms with Gasteiger partial charge in [-0.2, -0.15) is 0 Å². The van der Waals surface area contributed by atoms with Gasteiger partial charge < -0.3 is 9.84 Å². The van der Waals surface area contributed by atoms with Crippen LogP contribution in [0.1, 0.15) is 11.3 Å². The number of anilines is 1. The summed E-state index contributed by atoms with van der Waals surface area (Å²) in [5.74, 6) is 0.363. The molecule has 2 aromatic heterocycles. The van der Waals surface area contributed by atoms with E-state index in [-0.39, 0.29) is 12.3 Å². The summed E-state index contributed by atoms with van der Waals surface area (Å²) in [4.78, 5) is 16.0. The van der Waals surface area contributed by atoms with Crippen molar-refractivity contribution >= 4 is 22.7 Å². The second-order valence-electron chi connectivity index (χ2n) is 4.57. The summed E-state index contributed by atoms with van der Waals surface area (Å²) in [5.41, 5.74) is 2.43. The largest absolute Gasteiger partial charge is 0.356 e. The van der Waals surface area contributed by atoms with E-state index in [1.807, 2.05) is 31.2 Å². The third-order valence-corrected chi connectivity index (χ3v) is 2.96. The number of carbonyl (C=O) groups excluding carboxylic acids is 1. The van der Waals surface area contributed by atoms with Gasteiger partial charge in [-0.1, -0.05) is 22.9 Å². The number of hydrogen-bond donors (Lipinski definition) is 1. The topological polar surface area (TPSA) is 68.0 Å². The molecule has 0 aliphatic carbocycles. The van der Waals surface area contributed by atoms with Crippen molar-refractivity contribution in [1.82, 2.24) is 10.1 Å². The second kappa shape index (κ2) is 5.13. The van der Waals surface area contributed by atoms with E-state index in [9.17, 15) is 4.79 Å². The van der Waals surface area contributed by atoms with E-state index >= 15 is 0 Å². The van der Waals surface area contributed by atoms with E-state index < -0.39 is 0 Å². The maximum absolute atomic E-state index is 12.0. The lowest BCUT2D eigenvalue weighted by molar-refractivity contribution is -0.115. The Morgan fingerprint density at radius 1 is 1.30 bits per heavy atom. The molecule has 3 aromatic rings. The van der Waals surface area contributed by atoms with Crippen molar-refractivity contribution in [2.75, 3.05) is 5.32 Å². The van der Waals surface area contributed by atoms with E-state index in [2.05, 4.69) is 15.5 Å². The first kappa shape index (κ1) is 12.3. The molecule has 1 N–H and O–H groups in total. The third kappa shape index (κ3) is 2.51. The third-order valence-electron chi connectivity index (χ3n) is 2.96. The van der Waals surface area contributed by atoms with Crippen LogP contribution in [-0.4, -0.2) is 16.0 Å². The average Bonchev–Trinajstić information content (AvgIpc) is 2.82. The lowest BCUT2D eigenvalue weighted by Gasteiger charge is -2.02. The number of carbonyl (C=O) groups is 1. The summed E-state index contributed by atoms with van der Waals surface area (Å²) in [7, 11) is 0. The first-order chi connectivity index (χ1) is 9.72. The van der Waals surface area contributed by atoms with E-state index in [0.717, 1.165) is 10.9 Å². The number of pyridine rings is 1. The number of amides is 1. The molecule has 0 spiro atoms. The number of aromatic nitrogens is 2. The summed E-state index contributed by atoms with van der Waals surface area (Å²) in [6, 6.07) is 11.1. The van der Waals surface area contributed by atoms with Crippen molar-refractivity contribution in [3.63, 3.8) is 0 Å². The smallest absolute Gasteiger partial charge is 0.231 e. The van der Waals surface area contributed by atoms with Crippen molar-refractivity contribution in [3.8, 4) is 0 Å². The molecule has 0 atom stereocenters. The molecule has 0 radical (unpaired) electrons. The van der Waals surface area contributed by atoms with Crippen LogP contribution in [0.2, 0.25) is 0 Å². The number of hydrogen-bond acceptors (Lipinski definition) is 4. The SMILES string of the molecule is Cc1ccc2onc(CC(=O)Nc3ccccn3)c2c1. The molecule has 0 aliphatic rings. The van der Waals surface area contributed by atoms with Crippen LogP contribution in [-0.2, 0) is 11.2 Å². The van der Waals surface area contributed by atoms with Gasteiger partial charge in [0.1, 0.15) is 11.5 Å². The Morgan fingerprint density at radius 3 is 3.00 bits per heavy atom. The van der Waals surface area contributed by atoms with Crippen LogP contribution in [0, 0.1) is 6.92 Å². The molecular formula is C15H13N3O2. The van der Waals surface area contributed by atoms with Crippen LogP contribution in [0.5, 0.6) is 0 Å².